The van der Waals surface area contributed by atoms with Gasteiger partial charge in [0.15, 0.2) is 0 Å². The Kier molecular flexibility index (Phi) is 4.87. The first-order chi connectivity index (χ1) is 12.6. The van der Waals surface area contributed by atoms with Crippen LogP contribution in [0.15, 0.2) is 59.0 Å². The van der Waals surface area contributed by atoms with Crippen LogP contribution < -0.4 is 0 Å². The number of hydrogen-bond acceptors (Lipinski definition) is 5. The fraction of sp³-hybridized carbons (Fsp3) is 0.105. The number of hydrogen-bond donors (Lipinski definition) is 1. The molecule has 3 aromatic rings. The molecular formula is C19H13Cl2N3OS. The van der Waals surface area contributed by atoms with Crippen LogP contribution in [0.2, 0.25) is 10.0 Å². The van der Waals surface area contributed by atoms with Crippen molar-refractivity contribution in [1.82, 2.24) is 4.98 Å². The third kappa shape index (κ3) is 3.31. The molecule has 0 aliphatic carbocycles. The number of pyridine rings is 1. The molecule has 1 atom stereocenters. The summed E-state index contributed by atoms with van der Waals surface area (Å²) >= 11 is 13.9. The van der Waals surface area contributed by atoms with Gasteiger partial charge in [-0.2, -0.15) is 10.2 Å². The molecule has 3 heterocycles. The average Bonchev–Trinajstić information content (AvgIpc) is 3.31. The van der Waals surface area contributed by atoms with E-state index in [2.05, 4.69) is 15.2 Å². The molecule has 4 rings (SSSR count). The summed E-state index contributed by atoms with van der Waals surface area (Å²) in [6.07, 6.45) is 5.01. The van der Waals surface area contributed by atoms with Crippen LogP contribution in [0.1, 0.15) is 28.5 Å². The van der Waals surface area contributed by atoms with Gasteiger partial charge in [0.25, 0.3) is 0 Å². The lowest BCUT2D eigenvalue weighted by Gasteiger charge is -2.14. The molecule has 0 saturated heterocycles. The quantitative estimate of drug-likeness (QED) is 0.637. The second-order valence-electron chi connectivity index (χ2n) is 5.75. The van der Waals surface area contributed by atoms with Crippen molar-refractivity contribution < 1.29 is 5.11 Å². The van der Waals surface area contributed by atoms with Crippen molar-refractivity contribution in [3.05, 3.63) is 74.8 Å². The van der Waals surface area contributed by atoms with Crippen molar-refractivity contribution in [2.75, 3.05) is 0 Å². The third-order valence-electron chi connectivity index (χ3n) is 4.08. The summed E-state index contributed by atoms with van der Waals surface area (Å²) in [5.74, 6) is 0. The second kappa shape index (κ2) is 7.29. The summed E-state index contributed by atoms with van der Waals surface area (Å²) in [5, 5.41) is 20.2. The zero-order valence-electron chi connectivity index (χ0n) is 13.4. The van der Waals surface area contributed by atoms with E-state index in [1.165, 1.54) is 0 Å². The molecule has 130 valence electrons. The van der Waals surface area contributed by atoms with Crippen LogP contribution >= 0.6 is 34.5 Å². The standard InChI is InChI=1S/C19H13Cl2N3OS/c20-12-1-2-13(15(21)9-12)18(25)14-10-17(11-3-6-22-7-4-11)26-19(14)16-5-8-23-24-16/h1-4,6-10,18,25H,5H2. The lowest BCUT2D eigenvalue weighted by Crippen LogP contribution is -2.06. The van der Waals surface area contributed by atoms with E-state index in [0.717, 1.165) is 26.6 Å². The van der Waals surface area contributed by atoms with Crippen molar-refractivity contribution >= 4 is 46.5 Å². The van der Waals surface area contributed by atoms with Gasteiger partial charge in [-0.15, -0.1) is 11.3 Å². The average molecular weight is 402 g/mol. The highest BCUT2D eigenvalue weighted by molar-refractivity contribution is 7.17. The van der Waals surface area contributed by atoms with E-state index in [9.17, 15) is 5.11 Å². The monoisotopic (exact) mass is 401 g/mol. The molecule has 1 aliphatic heterocycles. The van der Waals surface area contributed by atoms with E-state index in [4.69, 9.17) is 23.2 Å². The normalized spacial score (nSPS) is 14.5. The first-order valence-electron chi connectivity index (χ1n) is 7.89. The van der Waals surface area contributed by atoms with E-state index in [1.54, 1.807) is 48.1 Å². The van der Waals surface area contributed by atoms with Crippen LogP contribution in [0.4, 0.5) is 0 Å². The molecular weight excluding hydrogens is 389 g/mol. The summed E-state index contributed by atoms with van der Waals surface area (Å²) < 4.78 is 0. The minimum Gasteiger partial charge on any atom is -0.384 e. The van der Waals surface area contributed by atoms with Crippen LogP contribution in [0.5, 0.6) is 0 Å². The van der Waals surface area contributed by atoms with Gasteiger partial charge in [-0.05, 0) is 35.9 Å². The highest BCUT2D eigenvalue weighted by Gasteiger charge is 2.24. The van der Waals surface area contributed by atoms with Gasteiger partial charge in [0, 0.05) is 51.1 Å². The van der Waals surface area contributed by atoms with E-state index < -0.39 is 6.10 Å². The maximum atomic E-state index is 11.0. The Labute approximate surface area is 164 Å². The van der Waals surface area contributed by atoms with Crippen LogP contribution in [0.25, 0.3) is 10.4 Å². The summed E-state index contributed by atoms with van der Waals surface area (Å²) in [7, 11) is 0. The zero-order valence-corrected chi connectivity index (χ0v) is 15.8. The SMILES string of the molecule is OC(c1ccc(Cl)cc1Cl)c1cc(-c2ccncc2)sc1C1=NN=CC1. The third-order valence-corrected chi connectivity index (χ3v) is 5.90. The molecule has 7 heteroatoms. The van der Waals surface area contributed by atoms with Crippen LogP contribution in [0.3, 0.4) is 0 Å². The predicted molar refractivity (Wildman–Crippen MR) is 108 cm³/mol. The number of halogens is 2. The van der Waals surface area contributed by atoms with Gasteiger partial charge in [0.05, 0.1) is 10.6 Å². The van der Waals surface area contributed by atoms with E-state index in [-0.39, 0.29) is 0 Å². The number of aliphatic hydroxyl groups is 1. The van der Waals surface area contributed by atoms with Gasteiger partial charge in [-0.3, -0.25) is 4.98 Å². The minimum atomic E-state index is -0.884. The highest BCUT2D eigenvalue weighted by atomic mass is 35.5. The maximum Gasteiger partial charge on any atom is 0.107 e. The topological polar surface area (TPSA) is 57.8 Å². The Balaban J connectivity index is 1.82. The Morgan fingerprint density at radius 1 is 1.04 bits per heavy atom. The van der Waals surface area contributed by atoms with Gasteiger partial charge in [0.1, 0.15) is 6.10 Å². The van der Waals surface area contributed by atoms with Gasteiger partial charge >= 0.3 is 0 Å². The minimum absolute atomic E-state index is 0.428. The Bertz CT molecular complexity index is 1010. The van der Waals surface area contributed by atoms with E-state index >= 15 is 0 Å². The molecule has 0 fully saturated rings. The summed E-state index contributed by atoms with van der Waals surface area (Å²) in [4.78, 5) is 6.00. The number of rotatable bonds is 4. The molecule has 1 aliphatic rings. The number of aromatic nitrogens is 1. The molecule has 4 nitrogen and oxygen atoms in total. The molecule has 2 aromatic heterocycles. The van der Waals surface area contributed by atoms with Crippen molar-refractivity contribution in [2.45, 2.75) is 12.5 Å². The van der Waals surface area contributed by atoms with E-state index in [1.807, 2.05) is 18.2 Å². The molecule has 0 saturated carbocycles. The maximum absolute atomic E-state index is 11.0. The molecule has 26 heavy (non-hydrogen) atoms. The number of aliphatic hydroxyl groups excluding tert-OH is 1. The summed E-state index contributed by atoms with van der Waals surface area (Å²) in [6.45, 7) is 0. The molecule has 1 N–H and O–H groups in total. The molecule has 0 amide bonds. The van der Waals surface area contributed by atoms with E-state index in [0.29, 0.717) is 22.0 Å². The molecule has 0 spiro atoms. The van der Waals surface area contributed by atoms with Crippen molar-refractivity contribution in [1.29, 1.82) is 0 Å². The molecule has 1 aromatic carbocycles. The Morgan fingerprint density at radius 3 is 2.54 bits per heavy atom. The van der Waals surface area contributed by atoms with Crippen molar-refractivity contribution in [3.63, 3.8) is 0 Å². The van der Waals surface area contributed by atoms with Crippen LogP contribution in [-0.4, -0.2) is 22.0 Å². The molecule has 0 bridgehead atoms. The van der Waals surface area contributed by atoms with Crippen molar-refractivity contribution in [3.8, 4) is 10.4 Å². The highest BCUT2D eigenvalue weighted by Crippen LogP contribution is 2.39. The lowest BCUT2D eigenvalue weighted by molar-refractivity contribution is 0.221. The van der Waals surface area contributed by atoms with Crippen LogP contribution in [-0.2, 0) is 0 Å². The fourth-order valence-corrected chi connectivity index (χ4v) is 4.50. The Hall–Kier alpha value is -2.05. The lowest BCUT2D eigenvalue weighted by atomic mass is 9.99. The largest absolute Gasteiger partial charge is 0.384 e. The smallest absolute Gasteiger partial charge is 0.107 e. The first kappa shape index (κ1) is 17.4. The first-order valence-corrected chi connectivity index (χ1v) is 9.46. The van der Waals surface area contributed by atoms with Gasteiger partial charge in [-0.25, -0.2) is 0 Å². The van der Waals surface area contributed by atoms with Gasteiger partial charge < -0.3 is 5.11 Å². The zero-order chi connectivity index (χ0) is 18.1. The van der Waals surface area contributed by atoms with Crippen molar-refractivity contribution in [2.24, 2.45) is 10.2 Å². The predicted octanol–water partition coefficient (Wildman–Crippen LogP) is 5.38. The number of benzene rings is 1. The summed E-state index contributed by atoms with van der Waals surface area (Å²) in [6, 6.07) is 11.0. The fourth-order valence-electron chi connectivity index (χ4n) is 2.80. The molecule has 0 radical (unpaired) electrons. The Morgan fingerprint density at radius 2 is 1.85 bits per heavy atom. The van der Waals surface area contributed by atoms with Gasteiger partial charge in [-0.1, -0.05) is 29.3 Å². The summed E-state index contributed by atoms with van der Waals surface area (Å²) in [5.41, 5.74) is 3.24. The van der Waals surface area contributed by atoms with Crippen LogP contribution in [0, 0.1) is 0 Å². The number of nitrogens with zero attached hydrogens (tertiary/aromatic N) is 3. The van der Waals surface area contributed by atoms with Gasteiger partial charge in [0.2, 0.25) is 0 Å². The molecule has 1 unspecified atom stereocenters. The second-order valence-corrected chi connectivity index (χ2v) is 7.64. The number of thiophene rings is 1.